The Morgan fingerprint density at radius 3 is 2.41 bits per heavy atom. The number of rotatable bonds is 2. The molecule has 0 aromatic heterocycles. The fraction of sp³-hybridized carbons (Fsp3) is 0.375. The van der Waals surface area contributed by atoms with Gasteiger partial charge in [0.1, 0.15) is 5.60 Å². The third-order valence-corrected chi connectivity index (χ3v) is 3.06. The molecule has 6 heteroatoms. The van der Waals surface area contributed by atoms with Gasteiger partial charge in [0.15, 0.2) is 5.66 Å². The van der Waals surface area contributed by atoms with Crippen molar-refractivity contribution in [3.05, 3.63) is 47.7 Å². The van der Waals surface area contributed by atoms with Gasteiger partial charge in [-0.15, -0.1) is 0 Å². The number of hydrogen-bond acceptors (Lipinski definition) is 3. The SMILES string of the molecule is Cc1ccc(C2(NC(=O)OC(C)(C)C)C=CNC(=O)N2)cc1. The maximum atomic E-state index is 12.1. The van der Waals surface area contributed by atoms with E-state index >= 15 is 0 Å². The molecule has 1 unspecified atom stereocenters. The smallest absolute Gasteiger partial charge is 0.410 e. The first-order valence-corrected chi connectivity index (χ1v) is 7.05. The average Bonchev–Trinajstić information content (AvgIpc) is 2.36. The van der Waals surface area contributed by atoms with Gasteiger partial charge in [0, 0.05) is 11.8 Å². The van der Waals surface area contributed by atoms with Gasteiger partial charge in [0.05, 0.1) is 0 Å². The van der Waals surface area contributed by atoms with Crippen molar-refractivity contribution < 1.29 is 14.3 Å². The second-order valence-corrected chi connectivity index (χ2v) is 6.23. The molecule has 1 heterocycles. The number of nitrogens with one attached hydrogen (secondary N) is 3. The molecule has 0 bridgehead atoms. The summed E-state index contributed by atoms with van der Waals surface area (Å²) in [6, 6.07) is 7.12. The van der Waals surface area contributed by atoms with E-state index in [4.69, 9.17) is 4.74 Å². The standard InChI is InChI=1S/C16H21N3O3/c1-11-5-7-12(8-6-11)16(9-10-17-13(20)18-16)19-14(21)22-15(2,3)4/h5-10H,1-4H3,(H,19,21)(H2,17,18,20). The number of alkyl carbamates (subject to hydrolysis) is 1. The molecule has 0 spiro atoms. The molecule has 1 aliphatic rings. The zero-order valence-electron chi connectivity index (χ0n) is 13.2. The second-order valence-electron chi connectivity index (χ2n) is 6.23. The normalized spacial score (nSPS) is 20.8. The van der Waals surface area contributed by atoms with Crippen LogP contribution in [0.5, 0.6) is 0 Å². The van der Waals surface area contributed by atoms with Crippen LogP contribution in [0.1, 0.15) is 31.9 Å². The quantitative estimate of drug-likeness (QED) is 0.785. The number of benzene rings is 1. The molecule has 0 aliphatic carbocycles. The van der Waals surface area contributed by atoms with Crippen LogP contribution in [0, 0.1) is 6.92 Å². The minimum absolute atomic E-state index is 0.404. The van der Waals surface area contributed by atoms with Crippen molar-refractivity contribution in [1.82, 2.24) is 16.0 Å². The van der Waals surface area contributed by atoms with E-state index < -0.39 is 23.4 Å². The number of ether oxygens (including phenoxy) is 1. The molecule has 0 saturated carbocycles. The molecule has 6 nitrogen and oxygen atoms in total. The Hall–Kier alpha value is -2.50. The van der Waals surface area contributed by atoms with Gasteiger partial charge < -0.3 is 15.4 Å². The van der Waals surface area contributed by atoms with Crippen LogP contribution in [-0.2, 0) is 10.4 Å². The first-order valence-electron chi connectivity index (χ1n) is 7.05. The molecular formula is C16H21N3O3. The average molecular weight is 303 g/mol. The Bertz CT molecular complexity index is 602. The highest BCUT2D eigenvalue weighted by Gasteiger charge is 2.36. The summed E-state index contributed by atoms with van der Waals surface area (Å²) in [5.74, 6) is 0. The molecule has 2 rings (SSSR count). The summed E-state index contributed by atoms with van der Waals surface area (Å²) in [6.07, 6.45) is 2.55. The molecular weight excluding hydrogens is 282 g/mol. The van der Waals surface area contributed by atoms with Crippen LogP contribution in [0.25, 0.3) is 0 Å². The van der Waals surface area contributed by atoms with Gasteiger partial charge >= 0.3 is 12.1 Å². The number of carbonyl (C=O) groups is 2. The van der Waals surface area contributed by atoms with Gasteiger partial charge in [0.2, 0.25) is 0 Å². The largest absolute Gasteiger partial charge is 0.444 e. The topological polar surface area (TPSA) is 79.5 Å². The molecule has 1 aromatic rings. The van der Waals surface area contributed by atoms with Gasteiger partial charge in [-0.3, -0.25) is 5.32 Å². The van der Waals surface area contributed by atoms with Crippen LogP contribution >= 0.6 is 0 Å². The Kier molecular flexibility index (Phi) is 4.12. The van der Waals surface area contributed by atoms with Crippen molar-refractivity contribution in [2.24, 2.45) is 0 Å². The van der Waals surface area contributed by atoms with Crippen LogP contribution in [0.4, 0.5) is 9.59 Å². The predicted octanol–water partition coefficient (Wildman–Crippen LogP) is 2.50. The number of amides is 3. The van der Waals surface area contributed by atoms with Crippen molar-refractivity contribution in [2.75, 3.05) is 0 Å². The number of carbonyl (C=O) groups excluding carboxylic acids is 2. The van der Waals surface area contributed by atoms with E-state index in [1.807, 2.05) is 31.2 Å². The number of urea groups is 1. The highest BCUT2D eigenvalue weighted by Crippen LogP contribution is 2.23. The summed E-state index contributed by atoms with van der Waals surface area (Å²) in [7, 11) is 0. The van der Waals surface area contributed by atoms with E-state index in [9.17, 15) is 9.59 Å². The second kappa shape index (κ2) is 5.71. The summed E-state index contributed by atoms with van der Waals surface area (Å²) in [5.41, 5.74) is 0.0489. The van der Waals surface area contributed by atoms with E-state index in [1.54, 1.807) is 26.8 Å². The van der Waals surface area contributed by atoms with Crippen molar-refractivity contribution in [3.8, 4) is 0 Å². The van der Waals surface area contributed by atoms with E-state index in [2.05, 4.69) is 16.0 Å². The molecule has 22 heavy (non-hydrogen) atoms. The molecule has 3 amide bonds. The fourth-order valence-electron chi connectivity index (χ4n) is 2.09. The van der Waals surface area contributed by atoms with Gasteiger partial charge in [-0.05, 0) is 33.8 Å². The zero-order valence-corrected chi connectivity index (χ0v) is 13.2. The summed E-state index contributed by atoms with van der Waals surface area (Å²) < 4.78 is 5.29. The Morgan fingerprint density at radius 2 is 1.86 bits per heavy atom. The van der Waals surface area contributed by atoms with Crippen molar-refractivity contribution in [3.63, 3.8) is 0 Å². The maximum absolute atomic E-state index is 12.1. The Labute approximate surface area is 129 Å². The zero-order chi connectivity index (χ0) is 16.4. The predicted molar refractivity (Wildman–Crippen MR) is 83.0 cm³/mol. The van der Waals surface area contributed by atoms with Gasteiger partial charge in [-0.2, -0.15) is 0 Å². The van der Waals surface area contributed by atoms with Gasteiger partial charge in [-0.1, -0.05) is 29.8 Å². The van der Waals surface area contributed by atoms with Crippen LogP contribution < -0.4 is 16.0 Å². The molecule has 3 N–H and O–H groups in total. The highest BCUT2D eigenvalue weighted by molar-refractivity contribution is 5.80. The van der Waals surface area contributed by atoms with Crippen LogP contribution in [0.15, 0.2) is 36.5 Å². The van der Waals surface area contributed by atoms with Crippen molar-refractivity contribution in [2.45, 2.75) is 39.0 Å². The van der Waals surface area contributed by atoms with Crippen LogP contribution in [-0.4, -0.2) is 17.7 Å². The van der Waals surface area contributed by atoms with Crippen molar-refractivity contribution in [1.29, 1.82) is 0 Å². The highest BCUT2D eigenvalue weighted by atomic mass is 16.6. The summed E-state index contributed by atoms with van der Waals surface area (Å²) >= 11 is 0. The minimum Gasteiger partial charge on any atom is -0.444 e. The number of aryl methyl sites for hydroxylation is 1. The van der Waals surface area contributed by atoms with Crippen molar-refractivity contribution >= 4 is 12.1 Å². The first kappa shape index (κ1) is 15.9. The lowest BCUT2D eigenvalue weighted by molar-refractivity contribution is 0.0462. The van der Waals surface area contributed by atoms with E-state index in [1.165, 1.54) is 6.20 Å². The lowest BCUT2D eigenvalue weighted by atomic mass is 9.97. The molecule has 0 fully saturated rings. The molecule has 0 radical (unpaired) electrons. The van der Waals surface area contributed by atoms with Gasteiger partial charge in [-0.25, -0.2) is 9.59 Å². The third-order valence-electron chi connectivity index (χ3n) is 3.06. The molecule has 1 aliphatic heterocycles. The summed E-state index contributed by atoms with van der Waals surface area (Å²) in [5, 5.41) is 7.99. The molecule has 1 atom stereocenters. The first-order chi connectivity index (χ1) is 10.2. The van der Waals surface area contributed by atoms with E-state index in [0.29, 0.717) is 0 Å². The fourth-order valence-corrected chi connectivity index (χ4v) is 2.09. The Morgan fingerprint density at radius 1 is 1.23 bits per heavy atom. The molecule has 0 saturated heterocycles. The van der Waals surface area contributed by atoms with E-state index in [-0.39, 0.29) is 0 Å². The van der Waals surface area contributed by atoms with E-state index in [0.717, 1.165) is 11.1 Å². The third kappa shape index (κ3) is 3.78. The molecule has 1 aromatic carbocycles. The Balaban J connectivity index is 2.33. The molecule has 118 valence electrons. The van der Waals surface area contributed by atoms with Gasteiger partial charge in [0.25, 0.3) is 0 Å². The monoisotopic (exact) mass is 303 g/mol. The summed E-state index contributed by atoms with van der Waals surface area (Å²) in [6.45, 7) is 7.31. The summed E-state index contributed by atoms with van der Waals surface area (Å²) in [4.78, 5) is 23.9. The van der Waals surface area contributed by atoms with Crippen LogP contribution in [0.2, 0.25) is 0 Å². The van der Waals surface area contributed by atoms with Crippen LogP contribution in [0.3, 0.4) is 0 Å². The lowest BCUT2D eigenvalue weighted by Crippen LogP contribution is -2.61. The number of hydrogen-bond donors (Lipinski definition) is 3. The lowest BCUT2D eigenvalue weighted by Gasteiger charge is -2.36. The minimum atomic E-state index is -1.14. The maximum Gasteiger partial charge on any atom is 0.410 e.